The van der Waals surface area contributed by atoms with Crippen LogP contribution in [0.3, 0.4) is 0 Å². The largest absolute Gasteiger partial charge is 0.256 e. The van der Waals surface area contributed by atoms with E-state index in [2.05, 4.69) is 4.99 Å². The van der Waals surface area contributed by atoms with E-state index in [4.69, 9.17) is 0 Å². The quantitative estimate of drug-likeness (QED) is 0.701. The van der Waals surface area contributed by atoms with E-state index >= 15 is 0 Å². The van der Waals surface area contributed by atoms with Gasteiger partial charge in [0.25, 0.3) is 0 Å². The van der Waals surface area contributed by atoms with Crippen LogP contribution in [0, 0.1) is 17.5 Å². The second-order valence-corrected chi connectivity index (χ2v) is 3.38. The average molecular weight is 235 g/mol. The Kier molecular flexibility index (Phi) is 3.23. The number of rotatable bonds is 2. The molecular weight excluding hydrogens is 227 g/mol. The first-order chi connectivity index (χ1) is 8.16. The molecule has 0 fully saturated rings. The minimum absolute atomic E-state index is 0.0503. The molecule has 86 valence electrons. The summed E-state index contributed by atoms with van der Waals surface area (Å²) in [5, 5.41) is 0. The Morgan fingerprint density at radius 3 is 2.29 bits per heavy atom. The fourth-order valence-corrected chi connectivity index (χ4v) is 1.29. The molecule has 2 aromatic rings. The normalized spacial score (nSPS) is 11.0. The van der Waals surface area contributed by atoms with E-state index < -0.39 is 11.6 Å². The molecule has 0 radical (unpaired) electrons. The molecule has 0 bridgehead atoms. The van der Waals surface area contributed by atoms with Gasteiger partial charge < -0.3 is 0 Å². The van der Waals surface area contributed by atoms with E-state index in [0.29, 0.717) is 5.69 Å². The van der Waals surface area contributed by atoms with Crippen LogP contribution in [0.1, 0.15) is 5.56 Å². The molecule has 0 saturated heterocycles. The fourth-order valence-electron chi connectivity index (χ4n) is 1.29. The molecule has 0 amide bonds. The van der Waals surface area contributed by atoms with Gasteiger partial charge in [-0.05, 0) is 30.3 Å². The Balaban J connectivity index is 2.26. The fraction of sp³-hybridized carbons (Fsp3) is 0. The summed E-state index contributed by atoms with van der Waals surface area (Å²) in [6.45, 7) is 0. The molecule has 2 aromatic carbocycles. The van der Waals surface area contributed by atoms with E-state index in [1.54, 1.807) is 0 Å². The van der Waals surface area contributed by atoms with Crippen LogP contribution in [0.2, 0.25) is 0 Å². The Hall–Kier alpha value is -2.10. The maximum absolute atomic E-state index is 13.2. The molecule has 0 aliphatic carbocycles. The molecule has 0 heterocycles. The second kappa shape index (κ2) is 4.82. The van der Waals surface area contributed by atoms with Crippen molar-refractivity contribution in [2.45, 2.75) is 0 Å². The van der Waals surface area contributed by atoms with Gasteiger partial charge in [-0.2, -0.15) is 0 Å². The smallest absolute Gasteiger partial charge is 0.167 e. The molecule has 1 nitrogen and oxygen atoms in total. The number of halogens is 3. The molecule has 0 aliphatic rings. The summed E-state index contributed by atoms with van der Waals surface area (Å²) in [4.78, 5) is 3.92. The average Bonchev–Trinajstić information content (AvgIpc) is 2.33. The zero-order valence-electron chi connectivity index (χ0n) is 8.70. The van der Waals surface area contributed by atoms with Crippen molar-refractivity contribution in [1.82, 2.24) is 0 Å². The minimum atomic E-state index is -0.946. The van der Waals surface area contributed by atoms with Gasteiger partial charge in [-0.15, -0.1) is 0 Å². The molecule has 0 aromatic heterocycles. The van der Waals surface area contributed by atoms with E-state index in [1.165, 1.54) is 42.6 Å². The van der Waals surface area contributed by atoms with Crippen molar-refractivity contribution in [3.05, 3.63) is 65.5 Å². The summed E-state index contributed by atoms with van der Waals surface area (Å²) in [7, 11) is 0. The van der Waals surface area contributed by atoms with E-state index in [1.807, 2.05) is 0 Å². The van der Waals surface area contributed by atoms with Crippen LogP contribution in [0.5, 0.6) is 0 Å². The van der Waals surface area contributed by atoms with Crippen molar-refractivity contribution in [2.24, 2.45) is 4.99 Å². The van der Waals surface area contributed by atoms with Crippen LogP contribution in [0.15, 0.2) is 47.5 Å². The first-order valence-corrected chi connectivity index (χ1v) is 4.90. The Bertz CT molecular complexity index is 547. The summed E-state index contributed by atoms with van der Waals surface area (Å²) in [6.07, 6.45) is 1.20. The van der Waals surface area contributed by atoms with Gasteiger partial charge in [-0.3, -0.25) is 4.99 Å². The highest BCUT2D eigenvalue weighted by atomic mass is 19.2. The molecule has 0 saturated carbocycles. The van der Waals surface area contributed by atoms with E-state index in [0.717, 1.165) is 6.07 Å². The lowest BCUT2D eigenvalue weighted by molar-refractivity contribution is 0.507. The molecule has 0 atom stereocenters. The van der Waals surface area contributed by atoms with Gasteiger partial charge in [-0.25, -0.2) is 13.2 Å². The summed E-state index contributed by atoms with van der Waals surface area (Å²) < 4.78 is 38.7. The lowest BCUT2D eigenvalue weighted by Gasteiger charge is -1.97. The predicted octanol–water partition coefficient (Wildman–Crippen LogP) is 3.85. The third-order valence-electron chi connectivity index (χ3n) is 2.16. The first-order valence-electron chi connectivity index (χ1n) is 4.90. The van der Waals surface area contributed by atoms with Crippen LogP contribution in [-0.2, 0) is 0 Å². The number of nitrogens with zero attached hydrogens (tertiary/aromatic N) is 1. The Morgan fingerprint density at radius 1 is 0.882 bits per heavy atom. The van der Waals surface area contributed by atoms with Crippen LogP contribution < -0.4 is 0 Å². The van der Waals surface area contributed by atoms with Crippen LogP contribution in [0.4, 0.5) is 18.9 Å². The van der Waals surface area contributed by atoms with E-state index in [-0.39, 0.29) is 11.4 Å². The van der Waals surface area contributed by atoms with E-state index in [9.17, 15) is 13.2 Å². The van der Waals surface area contributed by atoms with Crippen LogP contribution >= 0.6 is 0 Å². The summed E-state index contributed by atoms with van der Waals surface area (Å²) in [5.74, 6) is -2.24. The zero-order chi connectivity index (χ0) is 12.3. The van der Waals surface area contributed by atoms with Gasteiger partial charge in [-0.1, -0.05) is 12.1 Å². The second-order valence-electron chi connectivity index (χ2n) is 3.38. The van der Waals surface area contributed by atoms with Gasteiger partial charge in [0.2, 0.25) is 0 Å². The monoisotopic (exact) mass is 235 g/mol. The Labute approximate surface area is 96.2 Å². The highest BCUT2D eigenvalue weighted by Gasteiger charge is 2.04. The number of aliphatic imine (C=N–C) groups is 1. The first kappa shape index (κ1) is 11.4. The van der Waals surface area contributed by atoms with Crippen molar-refractivity contribution >= 4 is 11.9 Å². The summed E-state index contributed by atoms with van der Waals surface area (Å²) >= 11 is 0. The van der Waals surface area contributed by atoms with Crippen molar-refractivity contribution in [3.63, 3.8) is 0 Å². The molecule has 0 spiro atoms. The maximum Gasteiger partial charge on any atom is 0.167 e. The summed E-state index contributed by atoms with van der Waals surface area (Å²) in [6, 6.07) is 9.22. The van der Waals surface area contributed by atoms with Gasteiger partial charge >= 0.3 is 0 Å². The maximum atomic E-state index is 13.2. The molecule has 17 heavy (non-hydrogen) atoms. The van der Waals surface area contributed by atoms with Gasteiger partial charge in [0.05, 0.1) is 5.69 Å². The number of benzene rings is 2. The van der Waals surface area contributed by atoms with Crippen molar-refractivity contribution in [2.75, 3.05) is 0 Å². The molecule has 4 heteroatoms. The van der Waals surface area contributed by atoms with Gasteiger partial charge in [0, 0.05) is 11.8 Å². The molecular formula is C13H8F3N. The van der Waals surface area contributed by atoms with Crippen LogP contribution in [0.25, 0.3) is 0 Å². The SMILES string of the molecule is Fc1ccc(N=Cc2cccc(F)c2F)cc1. The molecule has 0 aliphatic heterocycles. The Morgan fingerprint density at radius 2 is 1.59 bits per heavy atom. The van der Waals surface area contributed by atoms with Crippen LogP contribution in [-0.4, -0.2) is 6.21 Å². The molecule has 0 N–H and O–H groups in total. The highest BCUT2D eigenvalue weighted by molar-refractivity contribution is 5.82. The topological polar surface area (TPSA) is 12.4 Å². The summed E-state index contributed by atoms with van der Waals surface area (Å²) in [5.41, 5.74) is 0.518. The van der Waals surface area contributed by atoms with Crippen molar-refractivity contribution in [1.29, 1.82) is 0 Å². The minimum Gasteiger partial charge on any atom is -0.256 e. The van der Waals surface area contributed by atoms with Gasteiger partial charge in [0.15, 0.2) is 11.6 Å². The predicted molar refractivity (Wildman–Crippen MR) is 60.0 cm³/mol. The van der Waals surface area contributed by atoms with Crippen molar-refractivity contribution < 1.29 is 13.2 Å². The molecule has 2 rings (SSSR count). The number of hydrogen-bond acceptors (Lipinski definition) is 1. The van der Waals surface area contributed by atoms with Crippen molar-refractivity contribution in [3.8, 4) is 0 Å². The zero-order valence-corrected chi connectivity index (χ0v) is 8.70. The number of hydrogen-bond donors (Lipinski definition) is 0. The van der Waals surface area contributed by atoms with Gasteiger partial charge in [0.1, 0.15) is 5.82 Å². The third kappa shape index (κ3) is 2.72. The standard InChI is InChI=1S/C13H8F3N/c14-10-4-6-11(7-5-10)17-8-9-2-1-3-12(15)13(9)16/h1-8H. The molecule has 0 unspecified atom stereocenters. The third-order valence-corrected chi connectivity index (χ3v) is 2.16. The lowest BCUT2D eigenvalue weighted by Crippen LogP contribution is -1.91. The lowest BCUT2D eigenvalue weighted by atomic mass is 10.2. The highest BCUT2D eigenvalue weighted by Crippen LogP contribution is 2.14.